The first-order valence-corrected chi connectivity index (χ1v) is 21.6. The van der Waals surface area contributed by atoms with Gasteiger partial charge in [-0.05, 0) is 107 Å². The smallest absolute Gasteiger partial charge is 0.320 e. The monoisotopic (exact) mass is 829 g/mol. The van der Waals surface area contributed by atoms with Crippen molar-refractivity contribution in [2.45, 2.75) is 88.5 Å². The molecule has 5 saturated heterocycles. The number of hydrogen-bond donors (Lipinski definition) is 3. The van der Waals surface area contributed by atoms with Gasteiger partial charge in [0.2, 0.25) is 11.8 Å². The Kier molecular flexibility index (Phi) is 9.68. The van der Waals surface area contributed by atoms with Crippen LogP contribution in [0.3, 0.4) is 0 Å². The molecule has 0 radical (unpaired) electrons. The van der Waals surface area contributed by atoms with Crippen LogP contribution < -0.4 is 26.2 Å². The number of nitrogens with one attached hydrogen (secondary N) is 2. The summed E-state index contributed by atoms with van der Waals surface area (Å²) in [6.07, 6.45) is 5.87. The summed E-state index contributed by atoms with van der Waals surface area (Å²) in [5.74, 6) is -0.795. The Morgan fingerprint density at radius 1 is 0.852 bits per heavy atom. The molecule has 7 amide bonds. The molecule has 2 aromatic carbocycles. The highest BCUT2D eigenvalue weighted by Gasteiger charge is 2.51. The highest BCUT2D eigenvalue weighted by Crippen LogP contribution is 2.44. The van der Waals surface area contributed by atoms with Gasteiger partial charge in [0, 0.05) is 62.6 Å². The molecule has 1 aromatic heterocycles. The van der Waals surface area contributed by atoms with Gasteiger partial charge in [-0.1, -0.05) is 12.1 Å². The van der Waals surface area contributed by atoms with Gasteiger partial charge in [0.25, 0.3) is 17.7 Å². The molecule has 1 aliphatic carbocycles. The van der Waals surface area contributed by atoms with Crippen LogP contribution in [-0.2, 0) is 9.59 Å². The number of piperidine rings is 3. The summed E-state index contributed by atoms with van der Waals surface area (Å²) in [7, 11) is 0. The summed E-state index contributed by atoms with van der Waals surface area (Å²) in [5, 5.41) is 5.57. The SMILES string of the molecule is CC(C)N1CCN(C2CC3CC2N(c2cnc(C(N)=O)c(Nc4ccc(C5CCN(C6CN(c7ccc8c(c7)C(=O)N(C7CCC(=O)NC7=O)C8=O)C6)CC5)cc4)n2)C3)C1=O. The van der Waals surface area contributed by atoms with Crippen LogP contribution in [0.25, 0.3) is 0 Å². The molecular formula is C44H51N11O6. The Hall–Kier alpha value is -6.10. The number of nitrogens with two attached hydrogens (primary N) is 1. The number of hydrogen-bond acceptors (Lipinski definition) is 12. The lowest BCUT2D eigenvalue weighted by atomic mass is 9.88. The maximum absolute atomic E-state index is 13.3. The van der Waals surface area contributed by atoms with E-state index in [4.69, 9.17) is 10.7 Å². The van der Waals surface area contributed by atoms with Gasteiger partial charge in [0.1, 0.15) is 11.9 Å². The van der Waals surface area contributed by atoms with E-state index in [-0.39, 0.29) is 48.3 Å². The Labute approximate surface area is 353 Å². The van der Waals surface area contributed by atoms with Gasteiger partial charge in [-0.2, -0.15) is 0 Å². The molecule has 4 unspecified atom stereocenters. The topological polar surface area (TPSA) is 198 Å². The number of anilines is 4. The standard InChI is InChI=1S/C44H51N11O6/c1-24(2)52-15-16-53(44(52)61)34-17-25-18-35(34)54(21-25)36-20-46-38(39(45)57)40(48-36)47-28-5-3-26(4-6-28)27-11-13-50(14-12-27)30-22-51(23-30)29-7-8-31-32(19-29)43(60)55(42(31)59)33-9-10-37(56)49-41(33)58/h3-8,19-20,24-25,27,30,33-35H,9-18,21-23H2,1-2H3,(H2,45,57)(H,47,48)(H,49,56,58). The van der Waals surface area contributed by atoms with E-state index in [0.29, 0.717) is 35.1 Å². The van der Waals surface area contributed by atoms with E-state index in [1.165, 1.54) is 5.56 Å². The van der Waals surface area contributed by atoms with Gasteiger partial charge >= 0.3 is 6.03 Å². The number of carbonyl (C=O) groups is 6. The third kappa shape index (κ3) is 6.82. The molecule has 3 aromatic rings. The number of primary amides is 1. The number of fused-ring (bicyclic) bond motifs is 3. The third-order valence-electron chi connectivity index (χ3n) is 14.2. The van der Waals surface area contributed by atoms with Crippen molar-refractivity contribution in [1.82, 2.24) is 34.9 Å². The van der Waals surface area contributed by atoms with Gasteiger partial charge in [-0.25, -0.2) is 14.8 Å². The maximum Gasteiger partial charge on any atom is 0.320 e. The van der Waals surface area contributed by atoms with E-state index in [2.05, 4.69) is 56.3 Å². The fourth-order valence-electron chi connectivity index (χ4n) is 10.9. The molecule has 7 heterocycles. The summed E-state index contributed by atoms with van der Waals surface area (Å²) in [5.41, 5.74) is 9.33. The van der Waals surface area contributed by atoms with Gasteiger partial charge in [0.05, 0.1) is 29.4 Å². The molecule has 10 rings (SSSR count). The van der Waals surface area contributed by atoms with Crippen molar-refractivity contribution < 1.29 is 28.8 Å². The van der Waals surface area contributed by atoms with E-state index in [9.17, 15) is 28.8 Å². The molecule has 6 fully saturated rings. The summed E-state index contributed by atoms with van der Waals surface area (Å²) in [6, 6.07) is 13.5. The zero-order chi connectivity index (χ0) is 42.3. The number of likely N-dealkylation sites (tertiary alicyclic amines) is 1. The fourth-order valence-corrected chi connectivity index (χ4v) is 10.9. The number of rotatable bonds is 10. The second-order valence-electron chi connectivity index (χ2n) is 18.0. The molecule has 4 N–H and O–H groups in total. The molecule has 61 heavy (non-hydrogen) atoms. The highest BCUT2D eigenvalue weighted by molar-refractivity contribution is 6.23. The molecule has 6 aliphatic heterocycles. The average molecular weight is 830 g/mol. The second-order valence-corrected chi connectivity index (χ2v) is 18.0. The second kappa shape index (κ2) is 15.1. The minimum Gasteiger partial charge on any atom is -0.368 e. The normalized spacial score (nSPS) is 25.9. The molecular weight excluding hydrogens is 779 g/mol. The van der Waals surface area contributed by atoms with Gasteiger partial charge in [0.15, 0.2) is 11.5 Å². The minimum atomic E-state index is -0.981. The molecule has 1 saturated carbocycles. The molecule has 17 heteroatoms. The van der Waals surface area contributed by atoms with Crippen molar-refractivity contribution in [1.29, 1.82) is 0 Å². The van der Waals surface area contributed by atoms with Crippen LogP contribution >= 0.6 is 0 Å². The predicted molar refractivity (Wildman–Crippen MR) is 225 cm³/mol. The summed E-state index contributed by atoms with van der Waals surface area (Å²) in [4.78, 5) is 97.7. The van der Waals surface area contributed by atoms with Crippen LogP contribution in [0.5, 0.6) is 0 Å². The van der Waals surface area contributed by atoms with Crippen molar-refractivity contribution in [3.63, 3.8) is 0 Å². The van der Waals surface area contributed by atoms with Crippen molar-refractivity contribution >= 4 is 58.6 Å². The molecule has 7 aliphatic rings. The van der Waals surface area contributed by atoms with E-state index < -0.39 is 35.6 Å². The van der Waals surface area contributed by atoms with E-state index in [1.807, 2.05) is 28.0 Å². The lowest BCUT2D eigenvalue weighted by Crippen LogP contribution is -2.60. The van der Waals surface area contributed by atoms with Crippen molar-refractivity contribution in [3.05, 3.63) is 71.0 Å². The number of imide groups is 2. The first-order chi connectivity index (χ1) is 29.4. The summed E-state index contributed by atoms with van der Waals surface area (Å²) >= 11 is 0. The predicted octanol–water partition coefficient (Wildman–Crippen LogP) is 2.90. The third-order valence-corrected chi connectivity index (χ3v) is 14.2. The van der Waals surface area contributed by atoms with E-state index in [1.54, 1.807) is 18.3 Å². The lowest BCUT2D eigenvalue weighted by Gasteiger charge is -2.48. The molecule has 4 atom stereocenters. The van der Waals surface area contributed by atoms with Gasteiger partial charge < -0.3 is 30.7 Å². The zero-order valence-electron chi connectivity index (χ0n) is 34.5. The number of benzene rings is 2. The van der Waals surface area contributed by atoms with Crippen molar-refractivity contribution in [2.75, 3.05) is 60.9 Å². The van der Waals surface area contributed by atoms with Crippen LogP contribution in [0.2, 0.25) is 0 Å². The first-order valence-electron chi connectivity index (χ1n) is 21.6. The van der Waals surface area contributed by atoms with E-state index >= 15 is 0 Å². The fraction of sp³-hybridized carbons (Fsp3) is 0.500. The first kappa shape index (κ1) is 39.1. The molecule has 318 valence electrons. The van der Waals surface area contributed by atoms with Crippen LogP contribution in [0.15, 0.2) is 48.7 Å². The van der Waals surface area contributed by atoms with Gasteiger partial charge in [-0.3, -0.25) is 39.1 Å². The summed E-state index contributed by atoms with van der Waals surface area (Å²) in [6.45, 7) is 9.99. The van der Waals surface area contributed by atoms with Gasteiger partial charge in [-0.15, -0.1) is 0 Å². The lowest BCUT2D eigenvalue weighted by molar-refractivity contribution is -0.136. The van der Waals surface area contributed by atoms with Crippen LogP contribution in [0, 0.1) is 5.92 Å². The zero-order valence-corrected chi connectivity index (χ0v) is 34.5. The Bertz CT molecular complexity index is 2320. The van der Waals surface area contributed by atoms with Crippen molar-refractivity contribution in [3.8, 4) is 0 Å². The quantitative estimate of drug-likeness (QED) is 0.253. The summed E-state index contributed by atoms with van der Waals surface area (Å²) < 4.78 is 0. The number of nitrogens with zero attached hydrogens (tertiary/aromatic N) is 8. The van der Waals surface area contributed by atoms with Crippen LogP contribution in [-0.4, -0.2) is 141 Å². The highest BCUT2D eigenvalue weighted by atomic mass is 16.2. The number of amides is 7. The molecule has 17 nitrogen and oxygen atoms in total. The maximum atomic E-state index is 13.3. The number of urea groups is 1. The largest absolute Gasteiger partial charge is 0.368 e. The Morgan fingerprint density at radius 2 is 1.57 bits per heavy atom. The van der Waals surface area contributed by atoms with Crippen LogP contribution in [0.1, 0.15) is 95.1 Å². The average Bonchev–Trinajstić information content (AvgIpc) is 4.00. The minimum absolute atomic E-state index is 0.0779. The Balaban J connectivity index is 0.738. The van der Waals surface area contributed by atoms with Crippen LogP contribution in [0.4, 0.5) is 27.8 Å². The Morgan fingerprint density at radius 3 is 2.25 bits per heavy atom. The number of carbonyl (C=O) groups excluding carboxylic acids is 6. The molecule has 0 spiro atoms. The van der Waals surface area contributed by atoms with E-state index in [0.717, 1.165) is 87.8 Å². The van der Waals surface area contributed by atoms with Crippen molar-refractivity contribution in [2.24, 2.45) is 11.7 Å². The molecule has 2 bridgehead atoms. The number of aromatic nitrogens is 2.